The zero-order chi connectivity index (χ0) is 19.4. The molecular formula is C20H24N4O3. The first-order valence-corrected chi connectivity index (χ1v) is 9.16. The molecule has 3 rings (SSSR count). The van der Waals surface area contributed by atoms with Gasteiger partial charge in [-0.1, -0.05) is 6.92 Å². The SMILES string of the molecule is CC[C@@H](CO)NC(=O)[C@H]1CN(c2ccc(C#N)c3ncccc23)C[C@@H](C)O1. The molecule has 0 radical (unpaired) electrons. The lowest BCUT2D eigenvalue weighted by Crippen LogP contribution is -2.54. The number of ether oxygens (including phenoxy) is 1. The molecule has 7 heteroatoms. The Balaban J connectivity index is 1.88. The van der Waals surface area contributed by atoms with Gasteiger partial charge in [-0.2, -0.15) is 5.26 Å². The van der Waals surface area contributed by atoms with E-state index >= 15 is 0 Å². The first-order chi connectivity index (χ1) is 13.1. The van der Waals surface area contributed by atoms with Gasteiger partial charge in [-0.15, -0.1) is 0 Å². The smallest absolute Gasteiger partial charge is 0.251 e. The molecule has 0 bridgehead atoms. The molecule has 0 aliphatic carbocycles. The van der Waals surface area contributed by atoms with Crippen LogP contribution in [0.3, 0.4) is 0 Å². The van der Waals surface area contributed by atoms with Crippen LogP contribution in [-0.2, 0) is 9.53 Å². The molecule has 1 aliphatic heterocycles. The number of fused-ring (bicyclic) bond motifs is 1. The number of morpholine rings is 1. The molecule has 3 atom stereocenters. The molecule has 0 saturated carbocycles. The zero-order valence-electron chi connectivity index (χ0n) is 15.6. The molecule has 0 unspecified atom stereocenters. The van der Waals surface area contributed by atoms with Crippen molar-refractivity contribution in [3.63, 3.8) is 0 Å². The first-order valence-electron chi connectivity index (χ1n) is 9.16. The Hall–Kier alpha value is -2.69. The number of carbonyl (C=O) groups excluding carboxylic acids is 1. The van der Waals surface area contributed by atoms with Crippen LogP contribution in [-0.4, -0.2) is 53.9 Å². The highest BCUT2D eigenvalue weighted by Crippen LogP contribution is 2.30. The highest BCUT2D eigenvalue weighted by Gasteiger charge is 2.32. The third kappa shape index (κ3) is 4.02. The number of aliphatic hydroxyl groups is 1. The van der Waals surface area contributed by atoms with Crippen molar-refractivity contribution in [3.8, 4) is 6.07 Å². The molecule has 27 heavy (non-hydrogen) atoms. The van der Waals surface area contributed by atoms with Crippen LogP contribution in [0.25, 0.3) is 10.9 Å². The topological polar surface area (TPSA) is 98.5 Å². The van der Waals surface area contributed by atoms with Crippen molar-refractivity contribution in [2.24, 2.45) is 0 Å². The largest absolute Gasteiger partial charge is 0.394 e. The van der Waals surface area contributed by atoms with Crippen LogP contribution in [0.1, 0.15) is 25.8 Å². The maximum absolute atomic E-state index is 12.6. The van der Waals surface area contributed by atoms with Crippen molar-refractivity contribution in [2.45, 2.75) is 38.5 Å². The van der Waals surface area contributed by atoms with Gasteiger partial charge >= 0.3 is 0 Å². The summed E-state index contributed by atoms with van der Waals surface area (Å²) in [7, 11) is 0. The highest BCUT2D eigenvalue weighted by atomic mass is 16.5. The number of pyridine rings is 1. The number of carbonyl (C=O) groups is 1. The third-order valence-electron chi connectivity index (χ3n) is 4.82. The summed E-state index contributed by atoms with van der Waals surface area (Å²) in [5.74, 6) is -0.219. The van der Waals surface area contributed by atoms with E-state index in [0.29, 0.717) is 30.6 Å². The Morgan fingerprint density at radius 2 is 2.30 bits per heavy atom. The lowest BCUT2D eigenvalue weighted by molar-refractivity contribution is -0.138. The van der Waals surface area contributed by atoms with Gasteiger partial charge in [0.1, 0.15) is 6.07 Å². The summed E-state index contributed by atoms with van der Waals surface area (Å²) < 4.78 is 5.84. The van der Waals surface area contributed by atoms with Crippen molar-refractivity contribution in [2.75, 3.05) is 24.6 Å². The van der Waals surface area contributed by atoms with Gasteiger partial charge in [-0.05, 0) is 37.6 Å². The number of hydrogen-bond acceptors (Lipinski definition) is 6. The molecule has 1 fully saturated rings. The summed E-state index contributed by atoms with van der Waals surface area (Å²) >= 11 is 0. The van der Waals surface area contributed by atoms with E-state index in [1.165, 1.54) is 0 Å². The summed E-state index contributed by atoms with van der Waals surface area (Å²) in [6.45, 7) is 4.78. The second kappa shape index (κ2) is 8.33. The monoisotopic (exact) mass is 368 g/mol. The summed E-state index contributed by atoms with van der Waals surface area (Å²) in [5.41, 5.74) is 2.11. The molecule has 1 aliphatic rings. The molecule has 2 heterocycles. The fourth-order valence-electron chi connectivity index (χ4n) is 3.39. The van der Waals surface area contributed by atoms with Gasteiger partial charge < -0.3 is 20.1 Å². The number of benzene rings is 1. The van der Waals surface area contributed by atoms with Gasteiger partial charge in [0, 0.05) is 23.8 Å². The van der Waals surface area contributed by atoms with Gasteiger partial charge in [0.25, 0.3) is 5.91 Å². The number of nitriles is 1. The lowest BCUT2D eigenvalue weighted by Gasteiger charge is -2.38. The summed E-state index contributed by atoms with van der Waals surface area (Å²) in [5, 5.41) is 22.4. The molecule has 2 N–H and O–H groups in total. The van der Waals surface area contributed by atoms with E-state index in [9.17, 15) is 15.2 Å². The number of nitrogens with one attached hydrogen (secondary N) is 1. The predicted molar refractivity (Wildman–Crippen MR) is 102 cm³/mol. The second-order valence-corrected chi connectivity index (χ2v) is 6.78. The fourth-order valence-corrected chi connectivity index (χ4v) is 3.39. The maximum Gasteiger partial charge on any atom is 0.251 e. The Kier molecular flexibility index (Phi) is 5.89. The molecule has 2 aromatic rings. The standard InChI is InChI=1S/C20H24N4O3/c1-3-15(12-25)23-20(26)18-11-24(10-13(2)27-18)17-7-6-14(9-21)19-16(17)5-4-8-22-19/h4-8,13,15,18,25H,3,10-12H2,1-2H3,(H,23,26)/t13-,15+,18-/m1/s1. The van der Waals surface area contributed by atoms with Gasteiger partial charge in [0.15, 0.2) is 6.10 Å². The van der Waals surface area contributed by atoms with E-state index in [1.807, 2.05) is 32.0 Å². The van der Waals surface area contributed by atoms with E-state index in [4.69, 9.17) is 4.74 Å². The minimum absolute atomic E-state index is 0.0971. The second-order valence-electron chi connectivity index (χ2n) is 6.78. The van der Waals surface area contributed by atoms with Crippen molar-refractivity contribution >= 4 is 22.5 Å². The number of hydrogen-bond donors (Lipinski definition) is 2. The Labute approximate surface area is 158 Å². The highest BCUT2D eigenvalue weighted by molar-refractivity contribution is 5.95. The van der Waals surface area contributed by atoms with Crippen LogP contribution in [0.5, 0.6) is 0 Å². The minimum Gasteiger partial charge on any atom is -0.394 e. The van der Waals surface area contributed by atoms with E-state index in [0.717, 1.165) is 11.1 Å². The van der Waals surface area contributed by atoms with Crippen molar-refractivity contribution in [3.05, 3.63) is 36.0 Å². The van der Waals surface area contributed by atoms with Crippen LogP contribution >= 0.6 is 0 Å². The Morgan fingerprint density at radius 1 is 1.48 bits per heavy atom. The molecule has 1 aromatic heterocycles. The molecule has 142 valence electrons. The molecule has 1 amide bonds. The minimum atomic E-state index is -0.628. The third-order valence-corrected chi connectivity index (χ3v) is 4.82. The van der Waals surface area contributed by atoms with E-state index in [2.05, 4.69) is 21.3 Å². The van der Waals surface area contributed by atoms with Crippen LogP contribution in [0.4, 0.5) is 5.69 Å². The van der Waals surface area contributed by atoms with Crippen molar-refractivity contribution in [1.82, 2.24) is 10.3 Å². The number of aromatic nitrogens is 1. The predicted octanol–water partition coefficient (Wildman–Crippen LogP) is 1.59. The number of aliphatic hydroxyl groups excluding tert-OH is 1. The normalized spacial score (nSPS) is 20.9. The lowest BCUT2D eigenvalue weighted by atomic mass is 10.1. The average molecular weight is 368 g/mol. The Bertz CT molecular complexity index is 860. The summed E-state index contributed by atoms with van der Waals surface area (Å²) in [4.78, 5) is 19.0. The van der Waals surface area contributed by atoms with Crippen LogP contribution in [0.2, 0.25) is 0 Å². The zero-order valence-corrected chi connectivity index (χ0v) is 15.6. The number of amides is 1. The first kappa shape index (κ1) is 19.1. The van der Waals surface area contributed by atoms with Crippen molar-refractivity contribution in [1.29, 1.82) is 5.26 Å². The molecule has 1 saturated heterocycles. The fraction of sp³-hybridized carbons (Fsp3) is 0.450. The van der Waals surface area contributed by atoms with Gasteiger partial charge in [0.05, 0.1) is 36.4 Å². The van der Waals surface area contributed by atoms with Gasteiger partial charge in [0.2, 0.25) is 0 Å². The van der Waals surface area contributed by atoms with Crippen LogP contribution in [0, 0.1) is 11.3 Å². The van der Waals surface area contributed by atoms with E-state index in [-0.39, 0.29) is 24.7 Å². The Morgan fingerprint density at radius 3 is 3.00 bits per heavy atom. The maximum atomic E-state index is 12.6. The van der Waals surface area contributed by atoms with Gasteiger partial charge in [-0.3, -0.25) is 9.78 Å². The van der Waals surface area contributed by atoms with Crippen LogP contribution < -0.4 is 10.2 Å². The number of rotatable bonds is 5. The van der Waals surface area contributed by atoms with E-state index < -0.39 is 6.10 Å². The van der Waals surface area contributed by atoms with Gasteiger partial charge in [-0.25, -0.2) is 0 Å². The number of nitrogens with zero attached hydrogens (tertiary/aromatic N) is 3. The summed E-state index contributed by atoms with van der Waals surface area (Å²) in [6, 6.07) is 9.35. The molecule has 7 nitrogen and oxygen atoms in total. The quantitative estimate of drug-likeness (QED) is 0.832. The molecular weight excluding hydrogens is 344 g/mol. The van der Waals surface area contributed by atoms with E-state index in [1.54, 1.807) is 12.3 Å². The summed E-state index contributed by atoms with van der Waals surface area (Å²) in [6.07, 6.45) is 1.56. The van der Waals surface area contributed by atoms with Crippen molar-refractivity contribution < 1.29 is 14.6 Å². The molecule has 1 aromatic carbocycles. The number of anilines is 1. The molecule has 0 spiro atoms. The average Bonchev–Trinajstić information content (AvgIpc) is 2.70. The van der Waals surface area contributed by atoms with Crippen LogP contribution in [0.15, 0.2) is 30.5 Å².